The van der Waals surface area contributed by atoms with Gasteiger partial charge in [-0.3, -0.25) is 9.82 Å². The predicted molar refractivity (Wildman–Crippen MR) is 98.8 cm³/mol. The van der Waals surface area contributed by atoms with Crippen molar-refractivity contribution in [2.75, 3.05) is 4.72 Å². The van der Waals surface area contributed by atoms with Gasteiger partial charge in [-0.25, -0.2) is 8.42 Å². The fourth-order valence-electron chi connectivity index (χ4n) is 2.71. The first-order valence-electron chi connectivity index (χ1n) is 7.75. The standard InChI is InChI=1S/C19H15N3O2S/c23-25(24,16-9-5-2-6-10-16)22-15-11-12-17-18(13-15)20-21-19(17)14-7-3-1-4-8-14/h1-13,22H,(H,20,21). The predicted octanol–water partition coefficient (Wildman–Crippen LogP) is 4.03. The van der Waals surface area contributed by atoms with Crippen LogP contribution in [-0.4, -0.2) is 18.6 Å². The van der Waals surface area contributed by atoms with E-state index in [1.54, 1.807) is 42.5 Å². The summed E-state index contributed by atoms with van der Waals surface area (Å²) in [6.07, 6.45) is 0. The number of H-pyrrole nitrogens is 1. The number of hydrogen-bond acceptors (Lipinski definition) is 3. The molecule has 2 N–H and O–H groups in total. The average Bonchev–Trinajstić information content (AvgIpc) is 3.06. The minimum atomic E-state index is -3.61. The van der Waals surface area contributed by atoms with Crippen LogP contribution in [0.5, 0.6) is 0 Å². The number of aromatic amines is 1. The summed E-state index contributed by atoms with van der Waals surface area (Å²) in [6.45, 7) is 0. The van der Waals surface area contributed by atoms with Crippen molar-refractivity contribution in [3.05, 3.63) is 78.9 Å². The minimum absolute atomic E-state index is 0.227. The number of benzene rings is 3. The van der Waals surface area contributed by atoms with Crippen LogP contribution in [0.3, 0.4) is 0 Å². The van der Waals surface area contributed by atoms with Gasteiger partial charge >= 0.3 is 0 Å². The summed E-state index contributed by atoms with van der Waals surface area (Å²) in [5.74, 6) is 0. The molecular formula is C19H15N3O2S. The minimum Gasteiger partial charge on any atom is -0.280 e. The van der Waals surface area contributed by atoms with Crippen molar-refractivity contribution in [1.29, 1.82) is 0 Å². The van der Waals surface area contributed by atoms with E-state index in [1.165, 1.54) is 0 Å². The molecule has 0 fully saturated rings. The molecule has 5 nitrogen and oxygen atoms in total. The van der Waals surface area contributed by atoms with E-state index in [-0.39, 0.29) is 4.90 Å². The molecule has 6 heteroatoms. The Kier molecular flexibility index (Phi) is 3.74. The van der Waals surface area contributed by atoms with Gasteiger partial charge < -0.3 is 0 Å². The van der Waals surface area contributed by atoms with Crippen molar-refractivity contribution in [1.82, 2.24) is 10.2 Å². The van der Waals surface area contributed by atoms with Gasteiger partial charge in [-0.1, -0.05) is 48.5 Å². The Balaban J connectivity index is 1.69. The maximum absolute atomic E-state index is 12.4. The van der Waals surface area contributed by atoms with Crippen molar-refractivity contribution >= 4 is 26.6 Å². The lowest BCUT2D eigenvalue weighted by molar-refractivity contribution is 0.601. The van der Waals surface area contributed by atoms with Gasteiger partial charge in [0, 0.05) is 10.9 Å². The van der Waals surface area contributed by atoms with Crippen LogP contribution >= 0.6 is 0 Å². The van der Waals surface area contributed by atoms with E-state index in [1.807, 2.05) is 36.4 Å². The van der Waals surface area contributed by atoms with E-state index in [0.717, 1.165) is 22.2 Å². The number of anilines is 1. The third-order valence-corrected chi connectivity index (χ3v) is 5.31. The van der Waals surface area contributed by atoms with Gasteiger partial charge in [0.2, 0.25) is 0 Å². The first-order valence-corrected chi connectivity index (χ1v) is 9.23. The third-order valence-electron chi connectivity index (χ3n) is 3.92. The molecule has 0 atom stereocenters. The van der Waals surface area contributed by atoms with Crippen molar-refractivity contribution in [3.8, 4) is 11.3 Å². The monoisotopic (exact) mass is 349 g/mol. The highest BCUT2D eigenvalue weighted by Gasteiger charge is 2.15. The van der Waals surface area contributed by atoms with E-state index < -0.39 is 10.0 Å². The van der Waals surface area contributed by atoms with Gasteiger partial charge in [-0.2, -0.15) is 5.10 Å². The zero-order valence-corrected chi connectivity index (χ0v) is 14.0. The Morgan fingerprint density at radius 1 is 0.840 bits per heavy atom. The van der Waals surface area contributed by atoms with E-state index in [4.69, 9.17) is 0 Å². The Labute approximate surface area is 145 Å². The summed E-state index contributed by atoms with van der Waals surface area (Å²) in [5.41, 5.74) is 3.10. The summed E-state index contributed by atoms with van der Waals surface area (Å²) in [7, 11) is -3.61. The van der Waals surface area contributed by atoms with Gasteiger partial charge in [-0.05, 0) is 30.3 Å². The highest BCUT2D eigenvalue weighted by Crippen LogP contribution is 2.28. The number of aromatic nitrogens is 2. The highest BCUT2D eigenvalue weighted by molar-refractivity contribution is 7.92. The Morgan fingerprint density at radius 3 is 2.24 bits per heavy atom. The van der Waals surface area contributed by atoms with Crippen LogP contribution in [0, 0.1) is 0 Å². The molecule has 0 aliphatic heterocycles. The van der Waals surface area contributed by atoms with Crippen molar-refractivity contribution in [2.24, 2.45) is 0 Å². The first kappa shape index (κ1) is 15.4. The lowest BCUT2D eigenvalue weighted by Crippen LogP contribution is -2.12. The molecule has 4 aromatic rings. The fourth-order valence-corrected chi connectivity index (χ4v) is 3.78. The van der Waals surface area contributed by atoms with Crippen LogP contribution in [0.15, 0.2) is 83.8 Å². The first-order chi connectivity index (χ1) is 12.1. The average molecular weight is 349 g/mol. The molecule has 25 heavy (non-hydrogen) atoms. The van der Waals surface area contributed by atoms with Gasteiger partial charge in [-0.15, -0.1) is 0 Å². The number of nitrogens with zero attached hydrogens (tertiary/aromatic N) is 1. The molecule has 0 radical (unpaired) electrons. The molecule has 0 spiro atoms. The molecule has 0 amide bonds. The molecule has 0 saturated carbocycles. The second kappa shape index (κ2) is 6.07. The SMILES string of the molecule is O=S(=O)(Nc1ccc2c(-c3ccccc3)n[nH]c2c1)c1ccccc1. The van der Waals surface area contributed by atoms with E-state index in [0.29, 0.717) is 5.69 Å². The zero-order valence-electron chi connectivity index (χ0n) is 13.2. The highest BCUT2D eigenvalue weighted by atomic mass is 32.2. The third kappa shape index (κ3) is 2.99. The number of sulfonamides is 1. The number of fused-ring (bicyclic) bond motifs is 1. The van der Waals surface area contributed by atoms with Crippen LogP contribution < -0.4 is 4.72 Å². The molecule has 4 rings (SSSR count). The lowest BCUT2D eigenvalue weighted by Gasteiger charge is -2.08. The Morgan fingerprint density at radius 2 is 1.52 bits per heavy atom. The maximum atomic E-state index is 12.4. The zero-order chi connectivity index (χ0) is 17.3. The van der Waals surface area contributed by atoms with Gasteiger partial charge in [0.1, 0.15) is 0 Å². The molecule has 0 aliphatic rings. The smallest absolute Gasteiger partial charge is 0.261 e. The van der Waals surface area contributed by atoms with Gasteiger partial charge in [0.25, 0.3) is 10.0 Å². The Bertz CT molecular complexity index is 1120. The van der Waals surface area contributed by atoms with Crippen LogP contribution in [0.25, 0.3) is 22.2 Å². The van der Waals surface area contributed by atoms with Crippen LogP contribution in [0.4, 0.5) is 5.69 Å². The molecule has 1 heterocycles. The normalized spacial score (nSPS) is 11.5. The van der Waals surface area contributed by atoms with Crippen LogP contribution in [0.2, 0.25) is 0 Å². The summed E-state index contributed by atoms with van der Waals surface area (Å²) < 4.78 is 27.5. The van der Waals surface area contributed by atoms with E-state index in [9.17, 15) is 8.42 Å². The van der Waals surface area contributed by atoms with Gasteiger partial charge in [0.15, 0.2) is 0 Å². The second-order valence-corrected chi connectivity index (χ2v) is 7.30. The van der Waals surface area contributed by atoms with E-state index >= 15 is 0 Å². The second-order valence-electron chi connectivity index (χ2n) is 5.62. The molecule has 3 aromatic carbocycles. The van der Waals surface area contributed by atoms with Crippen LogP contribution in [-0.2, 0) is 10.0 Å². The number of hydrogen-bond donors (Lipinski definition) is 2. The van der Waals surface area contributed by atoms with Crippen molar-refractivity contribution in [2.45, 2.75) is 4.90 Å². The molecule has 1 aromatic heterocycles. The number of nitrogens with one attached hydrogen (secondary N) is 2. The lowest BCUT2D eigenvalue weighted by atomic mass is 10.1. The van der Waals surface area contributed by atoms with Crippen molar-refractivity contribution < 1.29 is 8.42 Å². The van der Waals surface area contributed by atoms with E-state index in [2.05, 4.69) is 14.9 Å². The van der Waals surface area contributed by atoms with Crippen LogP contribution in [0.1, 0.15) is 0 Å². The topological polar surface area (TPSA) is 74.8 Å². The van der Waals surface area contributed by atoms with Gasteiger partial charge in [0.05, 0.1) is 21.8 Å². The largest absolute Gasteiger partial charge is 0.280 e. The Hall–Kier alpha value is -3.12. The molecule has 0 unspecified atom stereocenters. The summed E-state index contributed by atoms with van der Waals surface area (Å²) in [5, 5.41) is 8.27. The molecular weight excluding hydrogens is 334 g/mol. The maximum Gasteiger partial charge on any atom is 0.261 e. The van der Waals surface area contributed by atoms with Crippen molar-refractivity contribution in [3.63, 3.8) is 0 Å². The molecule has 0 aliphatic carbocycles. The summed E-state index contributed by atoms with van der Waals surface area (Å²) in [4.78, 5) is 0.227. The molecule has 124 valence electrons. The molecule has 0 bridgehead atoms. The number of rotatable bonds is 4. The fraction of sp³-hybridized carbons (Fsp3) is 0. The summed E-state index contributed by atoms with van der Waals surface area (Å²) >= 11 is 0. The molecule has 0 saturated heterocycles. The quantitative estimate of drug-likeness (QED) is 0.584. The summed E-state index contributed by atoms with van der Waals surface area (Å²) in [6, 6.07) is 23.5.